The molecule has 76 valence electrons. The predicted molar refractivity (Wildman–Crippen MR) is 55.9 cm³/mol. The van der Waals surface area contributed by atoms with Crippen LogP contribution in [0.5, 0.6) is 0 Å². The van der Waals surface area contributed by atoms with Crippen LogP contribution in [0.2, 0.25) is 0 Å². The Hall–Kier alpha value is -1.38. The van der Waals surface area contributed by atoms with E-state index in [1.807, 2.05) is 32.0 Å². The van der Waals surface area contributed by atoms with Crippen molar-refractivity contribution in [2.45, 2.75) is 33.2 Å². The average molecular weight is 193 g/mol. The normalized spacial score (nSPS) is 10.1. The lowest BCUT2D eigenvalue weighted by molar-refractivity contribution is -0.497. The zero-order valence-corrected chi connectivity index (χ0v) is 8.62. The minimum atomic E-state index is -0.256. The first-order chi connectivity index (χ1) is 6.69. The number of hydrogen-bond donors (Lipinski definition) is 0. The van der Waals surface area contributed by atoms with Crippen molar-refractivity contribution in [2.24, 2.45) is 0 Å². The standard InChI is InChI=1S/C11H15NO2/c1-3-9-6-5-7-10(4-2)11(9)8-12(13)14/h5-7H,3-4,8H2,1-2H3. The minimum absolute atomic E-state index is 0.0484. The summed E-state index contributed by atoms with van der Waals surface area (Å²) < 4.78 is 0. The Morgan fingerprint density at radius 1 is 1.21 bits per heavy atom. The van der Waals surface area contributed by atoms with Gasteiger partial charge in [0, 0.05) is 10.5 Å². The van der Waals surface area contributed by atoms with Crippen LogP contribution in [0.15, 0.2) is 18.2 Å². The summed E-state index contributed by atoms with van der Waals surface area (Å²) in [5, 5.41) is 10.5. The molecule has 0 saturated heterocycles. The first kappa shape index (κ1) is 10.7. The van der Waals surface area contributed by atoms with Gasteiger partial charge in [-0.1, -0.05) is 32.0 Å². The molecule has 0 aromatic heterocycles. The molecule has 1 aromatic carbocycles. The number of nitro groups is 1. The molecular formula is C11H15NO2. The first-order valence-corrected chi connectivity index (χ1v) is 4.90. The number of benzene rings is 1. The van der Waals surface area contributed by atoms with Crippen molar-refractivity contribution in [1.29, 1.82) is 0 Å². The highest BCUT2D eigenvalue weighted by molar-refractivity contribution is 5.34. The van der Waals surface area contributed by atoms with Crippen LogP contribution in [0.4, 0.5) is 0 Å². The van der Waals surface area contributed by atoms with E-state index in [1.54, 1.807) is 0 Å². The van der Waals surface area contributed by atoms with E-state index >= 15 is 0 Å². The van der Waals surface area contributed by atoms with Crippen LogP contribution in [-0.4, -0.2) is 4.92 Å². The molecule has 0 atom stereocenters. The van der Waals surface area contributed by atoms with E-state index in [9.17, 15) is 10.1 Å². The maximum absolute atomic E-state index is 10.5. The predicted octanol–water partition coefficient (Wildman–Crippen LogP) is 2.59. The second kappa shape index (κ2) is 4.74. The quantitative estimate of drug-likeness (QED) is 0.545. The zero-order chi connectivity index (χ0) is 10.6. The van der Waals surface area contributed by atoms with Gasteiger partial charge in [-0.3, -0.25) is 10.1 Å². The molecule has 0 amide bonds. The Bertz CT molecular complexity index is 312. The second-order valence-electron chi connectivity index (χ2n) is 3.25. The van der Waals surface area contributed by atoms with Gasteiger partial charge in [0.15, 0.2) is 0 Å². The van der Waals surface area contributed by atoms with Crippen LogP contribution in [0.3, 0.4) is 0 Å². The van der Waals surface area contributed by atoms with Crippen LogP contribution >= 0.6 is 0 Å². The maximum Gasteiger partial charge on any atom is 0.229 e. The summed E-state index contributed by atoms with van der Waals surface area (Å²) in [6.45, 7) is 4.00. The van der Waals surface area contributed by atoms with E-state index in [4.69, 9.17) is 0 Å². The fourth-order valence-electron chi connectivity index (χ4n) is 1.68. The molecule has 0 fully saturated rings. The monoisotopic (exact) mass is 193 g/mol. The van der Waals surface area contributed by atoms with Gasteiger partial charge < -0.3 is 0 Å². The van der Waals surface area contributed by atoms with E-state index < -0.39 is 0 Å². The minimum Gasteiger partial charge on any atom is -0.264 e. The fraction of sp³-hybridized carbons (Fsp3) is 0.455. The van der Waals surface area contributed by atoms with Crippen molar-refractivity contribution >= 4 is 0 Å². The molecule has 0 aliphatic rings. The highest BCUT2D eigenvalue weighted by Gasteiger charge is 2.10. The molecule has 1 rings (SSSR count). The van der Waals surface area contributed by atoms with Crippen LogP contribution < -0.4 is 0 Å². The summed E-state index contributed by atoms with van der Waals surface area (Å²) in [7, 11) is 0. The lowest BCUT2D eigenvalue weighted by atomic mass is 9.98. The van der Waals surface area contributed by atoms with Crippen LogP contribution in [-0.2, 0) is 19.4 Å². The Kier molecular flexibility index (Phi) is 3.63. The third kappa shape index (κ3) is 2.31. The summed E-state index contributed by atoms with van der Waals surface area (Å²) in [6.07, 6.45) is 1.72. The molecule has 0 bridgehead atoms. The molecule has 3 heteroatoms. The second-order valence-corrected chi connectivity index (χ2v) is 3.25. The highest BCUT2D eigenvalue weighted by Crippen LogP contribution is 2.17. The number of rotatable bonds is 4. The van der Waals surface area contributed by atoms with Gasteiger partial charge in [0.2, 0.25) is 6.54 Å². The summed E-state index contributed by atoms with van der Waals surface area (Å²) in [5.41, 5.74) is 3.10. The summed E-state index contributed by atoms with van der Waals surface area (Å²) in [6, 6.07) is 5.91. The van der Waals surface area contributed by atoms with Crippen molar-refractivity contribution in [3.63, 3.8) is 0 Å². The van der Waals surface area contributed by atoms with E-state index in [2.05, 4.69) is 0 Å². The lowest BCUT2D eigenvalue weighted by Gasteiger charge is -2.08. The SMILES string of the molecule is CCc1cccc(CC)c1C[N+](=O)[O-]. The van der Waals surface area contributed by atoms with E-state index in [-0.39, 0.29) is 11.5 Å². The third-order valence-electron chi connectivity index (χ3n) is 2.42. The third-order valence-corrected chi connectivity index (χ3v) is 2.42. The zero-order valence-electron chi connectivity index (χ0n) is 8.62. The molecule has 1 aromatic rings. The molecule has 0 aliphatic carbocycles. The van der Waals surface area contributed by atoms with Gasteiger partial charge in [-0.25, -0.2) is 0 Å². The van der Waals surface area contributed by atoms with Gasteiger partial charge in [-0.15, -0.1) is 0 Å². The van der Waals surface area contributed by atoms with Crippen molar-refractivity contribution in [3.05, 3.63) is 45.0 Å². The highest BCUT2D eigenvalue weighted by atomic mass is 16.6. The summed E-state index contributed by atoms with van der Waals surface area (Å²) in [4.78, 5) is 10.3. The fourth-order valence-corrected chi connectivity index (χ4v) is 1.68. The van der Waals surface area contributed by atoms with Gasteiger partial charge in [0.25, 0.3) is 0 Å². The Labute approximate surface area is 83.9 Å². The molecule has 0 spiro atoms. The number of hydrogen-bond acceptors (Lipinski definition) is 2. The van der Waals surface area contributed by atoms with Crippen LogP contribution in [0.1, 0.15) is 30.5 Å². The largest absolute Gasteiger partial charge is 0.264 e. The van der Waals surface area contributed by atoms with Gasteiger partial charge in [0.1, 0.15) is 0 Å². The molecular weight excluding hydrogens is 178 g/mol. The summed E-state index contributed by atoms with van der Waals surface area (Å²) in [5.74, 6) is 0. The average Bonchev–Trinajstić information content (AvgIpc) is 2.17. The van der Waals surface area contributed by atoms with Crippen molar-refractivity contribution in [2.75, 3.05) is 0 Å². The molecule has 0 heterocycles. The maximum atomic E-state index is 10.5. The van der Waals surface area contributed by atoms with Crippen molar-refractivity contribution < 1.29 is 4.92 Å². The van der Waals surface area contributed by atoms with E-state index in [1.165, 1.54) is 0 Å². The number of nitrogens with zero attached hydrogens (tertiary/aromatic N) is 1. The molecule has 0 unspecified atom stereocenters. The van der Waals surface area contributed by atoms with Crippen LogP contribution in [0.25, 0.3) is 0 Å². The number of aryl methyl sites for hydroxylation is 2. The molecule has 0 aliphatic heterocycles. The van der Waals surface area contributed by atoms with Gasteiger partial charge in [0.05, 0.1) is 0 Å². The van der Waals surface area contributed by atoms with Crippen molar-refractivity contribution in [3.8, 4) is 0 Å². The molecule has 0 radical (unpaired) electrons. The Balaban J connectivity index is 3.12. The Morgan fingerprint density at radius 3 is 2.07 bits per heavy atom. The van der Waals surface area contributed by atoms with Crippen LogP contribution in [0, 0.1) is 10.1 Å². The molecule has 14 heavy (non-hydrogen) atoms. The van der Waals surface area contributed by atoms with Gasteiger partial charge in [-0.2, -0.15) is 0 Å². The van der Waals surface area contributed by atoms with Gasteiger partial charge in [-0.05, 0) is 24.0 Å². The Morgan fingerprint density at radius 2 is 1.71 bits per heavy atom. The summed E-state index contributed by atoms with van der Waals surface area (Å²) >= 11 is 0. The molecule has 0 saturated carbocycles. The first-order valence-electron chi connectivity index (χ1n) is 4.90. The van der Waals surface area contributed by atoms with Gasteiger partial charge >= 0.3 is 0 Å². The smallest absolute Gasteiger partial charge is 0.229 e. The van der Waals surface area contributed by atoms with E-state index in [0.29, 0.717) is 0 Å². The topological polar surface area (TPSA) is 43.1 Å². The van der Waals surface area contributed by atoms with E-state index in [0.717, 1.165) is 29.5 Å². The molecule has 3 nitrogen and oxygen atoms in total. The molecule has 0 N–H and O–H groups in total. The lowest BCUT2D eigenvalue weighted by Crippen LogP contribution is -2.05. The van der Waals surface area contributed by atoms with Crippen molar-refractivity contribution in [1.82, 2.24) is 0 Å².